The average molecular weight is 428 g/mol. The Hall–Kier alpha value is -2.65. The highest BCUT2D eigenvalue weighted by molar-refractivity contribution is 7.99. The van der Waals surface area contributed by atoms with E-state index >= 15 is 0 Å². The largest absolute Gasteiger partial charge is 0.322 e. The third-order valence-corrected chi connectivity index (χ3v) is 6.74. The van der Waals surface area contributed by atoms with Gasteiger partial charge in [-0.2, -0.15) is 0 Å². The number of carbonyl (C=O) groups excluding carboxylic acids is 2. The molecule has 0 fully saturated rings. The molecular weight excluding hydrogens is 406 g/mol. The quantitative estimate of drug-likeness (QED) is 0.610. The molecule has 7 nitrogen and oxygen atoms in total. The Morgan fingerprint density at radius 1 is 1.24 bits per heavy atom. The first-order valence-corrected chi connectivity index (χ1v) is 11.1. The highest BCUT2D eigenvalue weighted by atomic mass is 32.2. The summed E-state index contributed by atoms with van der Waals surface area (Å²) in [6, 6.07) is 11.5. The number of hydrogen-bond acceptors (Lipinski definition) is 6. The number of fused-ring (bicyclic) bond motifs is 1. The fraction of sp³-hybridized carbons (Fsp3) is 0.300. The van der Waals surface area contributed by atoms with Crippen molar-refractivity contribution in [3.8, 4) is 0 Å². The second kappa shape index (κ2) is 8.00. The van der Waals surface area contributed by atoms with Crippen LogP contribution >= 0.6 is 23.1 Å². The highest BCUT2D eigenvalue weighted by Crippen LogP contribution is 2.37. The number of hydrogen-bond donors (Lipinski definition) is 1. The molecule has 1 aromatic carbocycles. The molecule has 0 saturated heterocycles. The number of para-hydroxylation sites is 2. The molecule has 3 aromatic rings. The van der Waals surface area contributed by atoms with E-state index in [-0.39, 0.29) is 17.6 Å². The third-order valence-electron chi connectivity index (χ3n) is 4.84. The Morgan fingerprint density at radius 2 is 2.07 bits per heavy atom. The van der Waals surface area contributed by atoms with E-state index in [0.717, 1.165) is 13.0 Å². The van der Waals surface area contributed by atoms with E-state index in [4.69, 9.17) is 0 Å². The molecule has 0 atom stereocenters. The van der Waals surface area contributed by atoms with Gasteiger partial charge in [0.2, 0.25) is 11.8 Å². The van der Waals surface area contributed by atoms with Gasteiger partial charge in [-0.1, -0.05) is 30.0 Å². The zero-order chi connectivity index (χ0) is 20.4. The Balaban J connectivity index is 1.47. The summed E-state index contributed by atoms with van der Waals surface area (Å²) in [5, 5.41) is 13.8. The molecule has 4 rings (SSSR count). The molecule has 1 aliphatic heterocycles. The number of carbonyl (C=O) groups is 2. The van der Waals surface area contributed by atoms with E-state index < -0.39 is 5.54 Å². The van der Waals surface area contributed by atoms with E-state index in [1.807, 2.05) is 28.8 Å². The minimum absolute atomic E-state index is 0.143. The van der Waals surface area contributed by atoms with Gasteiger partial charge in [-0.15, -0.1) is 21.5 Å². The molecule has 150 valence electrons. The summed E-state index contributed by atoms with van der Waals surface area (Å²) in [6.07, 6.45) is 2.58. The first-order valence-electron chi connectivity index (χ1n) is 9.23. The number of thioether (sulfide) groups is 1. The van der Waals surface area contributed by atoms with Crippen molar-refractivity contribution in [2.45, 2.75) is 37.5 Å². The van der Waals surface area contributed by atoms with Crippen molar-refractivity contribution >= 4 is 46.3 Å². The van der Waals surface area contributed by atoms with Gasteiger partial charge in [0.15, 0.2) is 5.16 Å². The first kappa shape index (κ1) is 19.7. The summed E-state index contributed by atoms with van der Waals surface area (Å²) < 4.78 is 1.96. The molecule has 0 unspecified atom stereocenters. The van der Waals surface area contributed by atoms with Crippen molar-refractivity contribution in [3.63, 3.8) is 0 Å². The smallest absolute Gasteiger partial charge is 0.250 e. The zero-order valence-corrected chi connectivity index (χ0v) is 17.8. The van der Waals surface area contributed by atoms with Gasteiger partial charge in [0, 0.05) is 11.4 Å². The predicted molar refractivity (Wildman–Crippen MR) is 115 cm³/mol. The van der Waals surface area contributed by atoms with Crippen molar-refractivity contribution < 1.29 is 9.59 Å². The maximum Gasteiger partial charge on any atom is 0.250 e. The lowest BCUT2D eigenvalue weighted by Crippen LogP contribution is -2.59. The van der Waals surface area contributed by atoms with Crippen LogP contribution in [-0.2, 0) is 22.6 Å². The molecule has 9 heteroatoms. The van der Waals surface area contributed by atoms with Crippen LogP contribution in [0.25, 0.3) is 0 Å². The average Bonchev–Trinajstić information content (AvgIpc) is 3.37. The van der Waals surface area contributed by atoms with Crippen LogP contribution in [0.5, 0.6) is 0 Å². The Morgan fingerprint density at radius 3 is 2.86 bits per heavy atom. The molecule has 0 radical (unpaired) electrons. The lowest BCUT2D eigenvalue weighted by atomic mass is 9.96. The first-order chi connectivity index (χ1) is 14.0. The summed E-state index contributed by atoms with van der Waals surface area (Å²) in [5.41, 5.74) is 0.384. The molecule has 2 aromatic heterocycles. The molecule has 0 aliphatic carbocycles. The van der Waals surface area contributed by atoms with Crippen LogP contribution in [0.2, 0.25) is 0 Å². The zero-order valence-electron chi connectivity index (χ0n) is 16.2. The molecule has 1 aliphatic rings. The fourth-order valence-corrected chi connectivity index (χ4v) is 4.77. The van der Waals surface area contributed by atoms with Crippen molar-refractivity contribution in [2.75, 3.05) is 16.0 Å². The van der Waals surface area contributed by atoms with Crippen LogP contribution in [0.3, 0.4) is 0 Å². The molecule has 2 amide bonds. The van der Waals surface area contributed by atoms with Crippen LogP contribution in [0.4, 0.5) is 11.4 Å². The van der Waals surface area contributed by atoms with Gasteiger partial charge < -0.3 is 9.88 Å². The lowest BCUT2D eigenvalue weighted by molar-refractivity contribution is -0.125. The van der Waals surface area contributed by atoms with Gasteiger partial charge in [0.05, 0.1) is 17.1 Å². The summed E-state index contributed by atoms with van der Waals surface area (Å²) in [6.45, 7) is 4.26. The monoisotopic (exact) mass is 427 g/mol. The SMILES string of the molecule is CC1(C)C(=O)Nc2ccccc2N1C(=O)CSc1nncn1CCc1cccs1. The van der Waals surface area contributed by atoms with Crippen molar-refractivity contribution in [1.82, 2.24) is 14.8 Å². The summed E-state index contributed by atoms with van der Waals surface area (Å²) >= 11 is 3.06. The van der Waals surface area contributed by atoms with E-state index in [1.54, 1.807) is 42.5 Å². The number of nitrogens with one attached hydrogen (secondary N) is 1. The second-order valence-electron chi connectivity index (χ2n) is 7.18. The maximum atomic E-state index is 13.1. The van der Waals surface area contributed by atoms with Gasteiger partial charge >= 0.3 is 0 Å². The van der Waals surface area contributed by atoms with Crippen LogP contribution < -0.4 is 10.2 Å². The standard InChI is InChI=1S/C20H21N5O2S2/c1-20(2)18(27)22-15-7-3-4-8-16(15)25(20)17(26)12-29-19-23-21-13-24(19)10-9-14-6-5-11-28-14/h3-8,11,13H,9-10,12H2,1-2H3,(H,22,27). The van der Waals surface area contributed by atoms with Crippen LogP contribution in [0.1, 0.15) is 18.7 Å². The van der Waals surface area contributed by atoms with Gasteiger partial charge in [-0.05, 0) is 43.8 Å². The maximum absolute atomic E-state index is 13.1. The van der Waals surface area contributed by atoms with Gasteiger partial charge in [0.25, 0.3) is 0 Å². The molecule has 0 saturated carbocycles. The van der Waals surface area contributed by atoms with Gasteiger partial charge in [-0.3, -0.25) is 14.5 Å². The second-order valence-corrected chi connectivity index (χ2v) is 9.16. The molecule has 0 bridgehead atoms. The number of aryl methyl sites for hydroxylation is 2. The van der Waals surface area contributed by atoms with E-state index in [2.05, 4.69) is 27.0 Å². The topological polar surface area (TPSA) is 80.1 Å². The fourth-order valence-electron chi connectivity index (χ4n) is 3.28. The number of thiophene rings is 1. The third kappa shape index (κ3) is 3.92. The number of anilines is 2. The van der Waals surface area contributed by atoms with Crippen LogP contribution in [0, 0.1) is 0 Å². The van der Waals surface area contributed by atoms with E-state index in [1.165, 1.54) is 16.6 Å². The Kier molecular flexibility index (Phi) is 5.42. The predicted octanol–water partition coefficient (Wildman–Crippen LogP) is 3.44. The number of benzene rings is 1. The minimum Gasteiger partial charge on any atom is -0.322 e. The van der Waals surface area contributed by atoms with Gasteiger partial charge in [0.1, 0.15) is 11.9 Å². The number of nitrogens with zero attached hydrogens (tertiary/aromatic N) is 4. The number of amides is 2. The highest BCUT2D eigenvalue weighted by Gasteiger charge is 2.43. The van der Waals surface area contributed by atoms with Crippen molar-refractivity contribution in [3.05, 3.63) is 53.0 Å². The Bertz CT molecular complexity index is 1030. The van der Waals surface area contributed by atoms with E-state index in [9.17, 15) is 9.59 Å². The number of aromatic nitrogens is 3. The molecule has 0 spiro atoms. The Labute approximate surface area is 177 Å². The molecule has 3 heterocycles. The summed E-state index contributed by atoms with van der Waals surface area (Å²) in [4.78, 5) is 28.6. The molecule has 1 N–H and O–H groups in total. The van der Waals surface area contributed by atoms with Crippen molar-refractivity contribution in [1.29, 1.82) is 0 Å². The molecule has 29 heavy (non-hydrogen) atoms. The van der Waals surface area contributed by atoms with Gasteiger partial charge in [-0.25, -0.2) is 0 Å². The summed E-state index contributed by atoms with van der Waals surface area (Å²) in [5.74, 6) is -0.174. The van der Waals surface area contributed by atoms with Crippen LogP contribution in [0.15, 0.2) is 53.3 Å². The normalized spacial score (nSPS) is 15.1. The van der Waals surface area contributed by atoms with Crippen molar-refractivity contribution in [2.24, 2.45) is 0 Å². The molecular formula is C20H21N5O2S2. The van der Waals surface area contributed by atoms with E-state index in [0.29, 0.717) is 16.5 Å². The summed E-state index contributed by atoms with van der Waals surface area (Å²) in [7, 11) is 0. The number of rotatable bonds is 6. The lowest BCUT2D eigenvalue weighted by Gasteiger charge is -2.42. The minimum atomic E-state index is -0.973. The van der Waals surface area contributed by atoms with Crippen LogP contribution in [-0.4, -0.2) is 37.9 Å².